The molecule has 2 aliphatic rings. The first-order valence-corrected chi connectivity index (χ1v) is 7.18. The van der Waals surface area contributed by atoms with E-state index >= 15 is 0 Å². The first-order valence-electron chi connectivity index (χ1n) is 7.18. The maximum absolute atomic E-state index is 12.1. The molecule has 1 fully saturated rings. The van der Waals surface area contributed by atoms with Gasteiger partial charge in [0.05, 0.1) is 11.1 Å². The summed E-state index contributed by atoms with van der Waals surface area (Å²) in [6.45, 7) is 7.85. The second-order valence-corrected chi connectivity index (χ2v) is 5.39. The van der Waals surface area contributed by atoms with Gasteiger partial charge in [-0.1, -0.05) is 33.8 Å². The van der Waals surface area contributed by atoms with E-state index in [1.54, 1.807) is 6.08 Å². The zero-order valence-corrected chi connectivity index (χ0v) is 12.3. The number of nitrogens with two attached hydrogens (primary N) is 1. The number of Topliss-reactive ketones (excluding diaryl/α,β-unsaturated/α-hetero) is 1. The molecule has 0 aromatic rings. The Kier molecular flexibility index (Phi) is 4.91. The molecule has 19 heavy (non-hydrogen) atoms. The van der Waals surface area contributed by atoms with Gasteiger partial charge >= 0.3 is 5.97 Å². The van der Waals surface area contributed by atoms with Crippen LogP contribution in [0, 0.1) is 17.8 Å². The molecule has 0 aromatic carbocycles. The van der Waals surface area contributed by atoms with E-state index in [-0.39, 0.29) is 29.1 Å². The van der Waals surface area contributed by atoms with Gasteiger partial charge in [0.2, 0.25) is 0 Å². The molecule has 108 valence electrons. The maximum atomic E-state index is 12.1. The number of carboxylic acid groups (broad SMARTS) is 1. The predicted molar refractivity (Wildman–Crippen MR) is 74.7 cm³/mol. The molecular weight excluding hydrogens is 242 g/mol. The van der Waals surface area contributed by atoms with Crippen molar-refractivity contribution in [3.63, 3.8) is 0 Å². The number of allylic oxidation sites excluding steroid dienone is 1. The Bertz CT molecular complexity index is 402. The van der Waals surface area contributed by atoms with Crippen molar-refractivity contribution in [1.82, 2.24) is 0 Å². The molecule has 2 rings (SSSR count). The molecule has 0 amide bonds. The molecule has 1 saturated carbocycles. The topological polar surface area (TPSA) is 80.4 Å². The fraction of sp³-hybridized carbons (Fsp3) is 0.733. The molecule has 0 aliphatic heterocycles. The van der Waals surface area contributed by atoms with Crippen LogP contribution in [-0.2, 0) is 9.59 Å². The lowest BCUT2D eigenvalue weighted by atomic mass is 9.70. The van der Waals surface area contributed by atoms with Gasteiger partial charge in [-0.25, -0.2) is 4.79 Å². The highest BCUT2D eigenvalue weighted by Gasteiger charge is 2.55. The van der Waals surface area contributed by atoms with Crippen molar-refractivity contribution < 1.29 is 14.7 Å². The Morgan fingerprint density at radius 1 is 1.53 bits per heavy atom. The number of ketones is 1. The van der Waals surface area contributed by atoms with E-state index < -0.39 is 11.5 Å². The van der Waals surface area contributed by atoms with Crippen LogP contribution in [-0.4, -0.2) is 22.4 Å². The minimum Gasteiger partial charge on any atom is -0.478 e. The zero-order valence-electron chi connectivity index (χ0n) is 12.3. The molecule has 0 aromatic heterocycles. The average Bonchev–Trinajstić information content (AvgIpc) is 2.61. The number of rotatable bonds is 2. The predicted octanol–water partition coefficient (Wildman–Crippen LogP) is 2.38. The number of fused-ring (bicyclic) bond motifs is 1. The van der Waals surface area contributed by atoms with E-state index in [1.807, 2.05) is 27.7 Å². The van der Waals surface area contributed by atoms with Crippen molar-refractivity contribution in [3.05, 3.63) is 11.6 Å². The average molecular weight is 267 g/mol. The molecule has 0 bridgehead atoms. The monoisotopic (exact) mass is 267 g/mol. The van der Waals surface area contributed by atoms with E-state index in [0.29, 0.717) is 12.8 Å². The van der Waals surface area contributed by atoms with Crippen molar-refractivity contribution in [1.29, 1.82) is 0 Å². The molecule has 0 heterocycles. The first kappa shape index (κ1) is 15.9. The largest absolute Gasteiger partial charge is 0.478 e. The van der Waals surface area contributed by atoms with Crippen LogP contribution in [0.4, 0.5) is 0 Å². The Hall–Kier alpha value is -1.16. The molecule has 3 N–H and O–H groups in total. The van der Waals surface area contributed by atoms with Gasteiger partial charge in [-0.2, -0.15) is 0 Å². The van der Waals surface area contributed by atoms with Crippen molar-refractivity contribution in [2.24, 2.45) is 23.5 Å². The van der Waals surface area contributed by atoms with Gasteiger partial charge in [0, 0.05) is 11.8 Å². The highest BCUT2D eigenvalue weighted by atomic mass is 16.4. The van der Waals surface area contributed by atoms with E-state index in [1.165, 1.54) is 0 Å². The summed E-state index contributed by atoms with van der Waals surface area (Å²) in [5.41, 5.74) is 5.55. The molecule has 3 unspecified atom stereocenters. The van der Waals surface area contributed by atoms with Crippen LogP contribution >= 0.6 is 0 Å². The second kappa shape index (κ2) is 5.87. The van der Waals surface area contributed by atoms with Gasteiger partial charge < -0.3 is 10.8 Å². The van der Waals surface area contributed by atoms with Crippen molar-refractivity contribution in [2.45, 2.75) is 52.5 Å². The highest BCUT2D eigenvalue weighted by molar-refractivity contribution is 5.96. The molecule has 4 atom stereocenters. The second-order valence-electron chi connectivity index (χ2n) is 5.39. The van der Waals surface area contributed by atoms with E-state index in [2.05, 4.69) is 0 Å². The first-order chi connectivity index (χ1) is 8.90. The van der Waals surface area contributed by atoms with E-state index in [9.17, 15) is 14.7 Å². The number of carbonyl (C=O) groups excluding carboxylic acids is 1. The fourth-order valence-corrected chi connectivity index (χ4v) is 3.29. The third kappa shape index (κ3) is 2.59. The number of carbonyl (C=O) groups is 2. The Labute approximate surface area is 115 Å². The summed E-state index contributed by atoms with van der Waals surface area (Å²) < 4.78 is 0. The maximum Gasteiger partial charge on any atom is 0.333 e. The third-order valence-corrected chi connectivity index (χ3v) is 4.29. The smallest absolute Gasteiger partial charge is 0.333 e. The van der Waals surface area contributed by atoms with Gasteiger partial charge in [0.25, 0.3) is 0 Å². The molecule has 0 spiro atoms. The van der Waals surface area contributed by atoms with E-state index in [0.717, 1.165) is 6.42 Å². The molecule has 4 heteroatoms. The summed E-state index contributed by atoms with van der Waals surface area (Å²) in [5, 5.41) is 9.28. The summed E-state index contributed by atoms with van der Waals surface area (Å²) in [6.07, 6.45) is 3.78. The summed E-state index contributed by atoms with van der Waals surface area (Å²) in [4.78, 5) is 23.4. The van der Waals surface area contributed by atoms with Crippen LogP contribution in [0.25, 0.3) is 0 Å². The number of carboxylic acids is 1. The quantitative estimate of drug-likeness (QED) is 0.805. The van der Waals surface area contributed by atoms with Crippen molar-refractivity contribution in [2.75, 3.05) is 0 Å². The normalized spacial score (nSPS) is 37.0. The van der Waals surface area contributed by atoms with Crippen LogP contribution < -0.4 is 5.73 Å². The van der Waals surface area contributed by atoms with Crippen molar-refractivity contribution in [3.8, 4) is 0 Å². The van der Waals surface area contributed by atoms with Crippen LogP contribution in [0.5, 0.6) is 0 Å². The van der Waals surface area contributed by atoms with Crippen LogP contribution in [0.15, 0.2) is 11.6 Å². The molecular formula is C15H25NO3. The number of hydrogen-bond donors (Lipinski definition) is 2. The summed E-state index contributed by atoms with van der Waals surface area (Å²) >= 11 is 0. The van der Waals surface area contributed by atoms with Gasteiger partial charge in [-0.3, -0.25) is 4.79 Å². The molecule has 2 aliphatic carbocycles. The van der Waals surface area contributed by atoms with Gasteiger partial charge in [0.1, 0.15) is 5.78 Å². The van der Waals surface area contributed by atoms with Gasteiger partial charge in [0.15, 0.2) is 0 Å². The lowest BCUT2D eigenvalue weighted by molar-refractivity contribution is -0.134. The molecule has 4 nitrogen and oxygen atoms in total. The summed E-state index contributed by atoms with van der Waals surface area (Å²) in [6, 6.07) is 0. The minimum atomic E-state index is -0.974. The van der Waals surface area contributed by atoms with Crippen molar-refractivity contribution >= 4 is 11.8 Å². The lowest BCUT2D eigenvalue weighted by Gasteiger charge is -2.37. The van der Waals surface area contributed by atoms with E-state index in [4.69, 9.17) is 5.73 Å². The summed E-state index contributed by atoms with van der Waals surface area (Å²) in [7, 11) is 0. The molecule has 0 saturated heterocycles. The SMILES string of the molecule is CC.CC[C@H]1C=C(C(=O)O)C2(N)CC(C)C(=O)C2C1. The van der Waals surface area contributed by atoms with Gasteiger partial charge in [-0.15, -0.1) is 0 Å². The van der Waals surface area contributed by atoms with Crippen LogP contribution in [0.1, 0.15) is 47.0 Å². The van der Waals surface area contributed by atoms with Crippen LogP contribution in [0.3, 0.4) is 0 Å². The number of aliphatic carboxylic acids is 1. The Balaban J connectivity index is 0.000000861. The Morgan fingerprint density at radius 3 is 2.58 bits per heavy atom. The minimum absolute atomic E-state index is 0.122. The van der Waals surface area contributed by atoms with Gasteiger partial charge in [-0.05, 0) is 25.2 Å². The highest BCUT2D eigenvalue weighted by Crippen LogP contribution is 2.47. The third-order valence-electron chi connectivity index (χ3n) is 4.29. The van der Waals surface area contributed by atoms with Crippen LogP contribution in [0.2, 0.25) is 0 Å². The number of hydrogen-bond acceptors (Lipinski definition) is 3. The molecule has 0 radical (unpaired) electrons. The standard InChI is InChI=1S/C13H19NO3.C2H6/c1-3-8-4-9-11(15)7(2)6-13(9,14)10(5-8)12(16)17;1-2/h5,7-9H,3-4,6,14H2,1-2H3,(H,16,17);1-2H3/t7?,8-,9?,13?;/m1./s1. The fourth-order valence-electron chi connectivity index (χ4n) is 3.29. The zero-order chi connectivity index (χ0) is 14.8. The summed E-state index contributed by atoms with van der Waals surface area (Å²) in [5.74, 6) is -1.10. The Morgan fingerprint density at radius 2 is 2.11 bits per heavy atom. The lowest BCUT2D eigenvalue weighted by Crippen LogP contribution is -2.51.